The second-order valence-corrected chi connectivity index (χ2v) is 5.56. The van der Waals surface area contributed by atoms with E-state index in [0.717, 1.165) is 24.6 Å². The summed E-state index contributed by atoms with van der Waals surface area (Å²) in [6.45, 7) is 6.37. The molecule has 1 aliphatic heterocycles. The van der Waals surface area contributed by atoms with Crippen molar-refractivity contribution in [2.24, 2.45) is 5.73 Å². The van der Waals surface area contributed by atoms with E-state index in [-0.39, 0.29) is 12.1 Å². The molecule has 18 heavy (non-hydrogen) atoms. The summed E-state index contributed by atoms with van der Waals surface area (Å²) in [5.74, 6) is 2.01. The predicted molar refractivity (Wildman–Crippen MR) is 74.5 cm³/mol. The van der Waals surface area contributed by atoms with Crippen molar-refractivity contribution in [2.75, 3.05) is 13.1 Å². The van der Waals surface area contributed by atoms with E-state index in [9.17, 15) is 0 Å². The zero-order valence-electron chi connectivity index (χ0n) is 11.7. The first-order valence-electron chi connectivity index (χ1n) is 7.24. The molecule has 0 saturated carbocycles. The third-order valence-electron chi connectivity index (χ3n) is 3.83. The van der Waals surface area contributed by atoms with E-state index in [1.54, 1.807) is 0 Å². The number of likely N-dealkylation sites (tertiary alicyclic amines) is 1. The highest BCUT2D eigenvalue weighted by atomic mass is 16.3. The number of hydrogen-bond donors (Lipinski definition) is 1. The zero-order chi connectivity index (χ0) is 13.0. The van der Waals surface area contributed by atoms with Gasteiger partial charge in [0.25, 0.3) is 0 Å². The zero-order valence-corrected chi connectivity index (χ0v) is 11.7. The molecule has 0 radical (unpaired) electrons. The minimum atomic E-state index is 0.106. The van der Waals surface area contributed by atoms with Crippen LogP contribution in [0.5, 0.6) is 0 Å². The van der Waals surface area contributed by atoms with Crippen LogP contribution in [0.3, 0.4) is 0 Å². The number of rotatable bonds is 3. The van der Waals surface area contributed by atoms with Gasteiger partial charge in [-0.1, -0.05) is 19.3 Å². The van der Waals surface area contributed by atoms with Gasteiger partial charge in [0.2, 0.25) is 0 Å². The third kappa shape index (κ3) is 3.36. The summed E-state index contributed by atoms with van der Waals surface area (Å²) in [4.78, 5) is 2.52. The van der Waals surface area contributed by atoms with Crippen molar-refractivity contribution in [3.63, 3.8) is 0 Å². The summed E-state index contributed by atoms with van der Waals surface area (Å²) >= 11 is 0. The maximum absolute atomic E-state index is 6.20. The van der Waals surface area contributed by atoms with Gasteiger partial charge >= 0.3 is 0 Å². The monoisotopic (exact) mass is 250 g/mol. The lowest BCUT2D eigenvalue weighted by Gasteiger charge is -2.34. The molecule has 102 valence electrons. The van der Waals surface area contributed by atoms with Crippen LogP contribution in [0.25, 0.3) is 0 Å². The largest absolute Gasteiger partial charge is 0.465 e. The van der Waals surface area contributed by atoms with Crippen LogP contribution in [-0.4, -0.2) is 24.0 Å². The summed E-state index contributed by atoms with van der Waals surface area (Å²) in [5.41, 5.74) is 6.20. The van der Waals surface area contributed by atoms with Crippen molar-refractivity contribution >= 4 is 0 Å². The lowest BCUT2D eigenvalue weighted by atomic mass is 10.0. The van der Waals surface area contributed by atoms with Crippen molar-refractivity contribution in [2.45, 2.75) is 58.0 Å². The van der Waals surface area contributed by atoms with Crippen molar-refractivity contribution < 1.29 is 4.42 Å². The molecule has 1 saturated heterocycles. The van der Waals surface area contributed by atoms with Gasteiger partial charge in [0, 0.05) is 6.04 Å². The third-order valence-corrected chi connectivity index (χ3v) is 3.83. The Bertz CT molecular complexity index is 351. The molecule has 3 nitrogen and oxygen atoms in total. The van der Waals surface area contributed by atoms with Gasteiger partial charge in [0.1, 0.15) is 11.5 Å². The van der Waals surface area contributed by atoms with Crippen LogP contribution in [0.4, 0.5) is 0 Å². The second-order valence-electron chi connectivity index (χ2n) is 5.56. The molecule has 2 rings (SSSR count). The molecule has 0 bridgehead atoms. The lowest BCUT2D eigenvalue weighted by Crippen LogP contribution is -2.40. The number of furan rings is 1. The number of nitrogens with zero attached hydrogens (tertiary/aromatic N) is 1. The summed E-state index contributed by atoms with van der Waals surface area (Å²) in [5, 5.41) is 0. The standard InChI is InChI=1S/C15H26N2O/c1-12-8-9-14(18-12)15(13(2)16)17-10-6-4-3-5-7-11-17/h8-9,13,15H,3-7,10-11,16H2,1-2H3. The van der Waals surface area contributed by atoms with Crippen molar-refractivity contribution in [3.8, 4) is 0 Å². The first-order chi connectivity index (χ1) is 8.68. The maximum Gasteiger partial charge on any atom is 0.122 e. The van der Waals surface area contributed by atoms with Gasteiger partial charge < -0.3 is 10.2 Å². The van der Waals surface area contributed by atoms with Gasteiger partial charge in [-0.05, 0) is 51.9 Å². The van der Waals surface area contributed by atoms with Crippen LogP contribution >= 0.6 is 0 Å². The minimum Gasteiger partial charge on any atom is -0.465 e. The Balaban J connectivity index is 2.12. The SMILES string of the molecule is Cc1ccc(C(C(C)N)N2CCCCCCC2)o1. The Kier molecular flexibility index (Phi) is 4.84. The molecule has 1 aliphatic rings. The van der Waals surface area contributed by atoms with Gasteiger partial charge in [-0.2, -0.15) is 0 Å². The minimum absolute atomic E-state index is 0.106. The number of aryl methyl sites for hydroxylation is 1. The second kappa shape index (κ2) is 6.39. The molecule has 2 heterocycles. The molecule has 2 atom stereocenters. The van der Waals surface area contributed by atoms with Crippen LogP contribution in [0.15, 0.2) is 16.5 Å². The molecule has 0 spiro atoms. The van der Waals surface area contributed by atoms with Crippen LogP contribution in [0.2, 0.25) is 0 Å². The highest BCUT2D eigenvalue weighted by molar-refractivity contribution is 5.12. The molecule has 2 unspecified atom stereocenters. The first kappa shape index (κ1) is 13.6. The maximum atomic E-state index is 6.20. The molecule has 3 heteroatoms. The molecule has 1 aromatic rings. The van der Waals surface area contributed by atoms with Gasteiger partial charge in [-0.25, -0.2) is 0 Å². The fourth-order valence-electron chi connectivity index (χ4n) is 2.93. The van der Waals surface area contributed by atoms with Gasteiger partial charge in [-0.15, -0.1) is 0 Å². The summed E-state index contributed by atoms with van der Waals surface area (Å²) in [7, 11) is 0. The molecule has 1 fully saturated rings. The smallest absolute Gasteiger partial charge is 0.122 e. The first-order valence-corrected chi connectivity index (χ1v) is 7.24. The molecule has 2 N–H and O–H groups in total. The molecular weight excluding hydrogens is 224 g/mol. The molecule has 0 aromatic carbocycles. The van der Waals surface area contributed by atoms with E-state index in [1.165, 1.54) is 32.1 Å². The Morgan fingerprint density at radius 3 is 2.22 bits per heavy atom. The van der Waals surface area contributed by atoms with Crippen molar-refractivity contribution in [1.82, 2.24) is 4.90 Å². The van der Waals surface area contributed by atoms with Crippen molar-refractivity contribution in [3.05, 3.63) is 23.7 Å². The van der Waals surface area contributed by atoms with Gasteiger partial charge in [-0.3, -0.25) is 4.90 Å². The Hall–Kier alpha value is -0.800. The molecular formula is C15H26N2O. The number of nitrogens with two attached hydrogens (primary N) is 1. The topological polar surface area (TPSA) is 42.4 Å². The lowest BCUT2D eigenvalue weighted by molar-refractivity contribution is 0.141. The van der Waals surface area contributed by atoms with E-state index < -0.39 is 0 Å². The highest BCUT2D eigenvalue weighted by Gasteiger charge is 2.26. The van der Waals surface area contributed by atoms with E-state index in [1.807, 2.05) is 13.0 Å². The molecule has 0 aliphatic carbocycles. The van der Waals surface area contributed by atoms with Gasteiger partial charge in [0.05, 0.1) is 6.04 Å². The van der Waals surface area contributed by atoms with Gasteiger partial charge in [0.15, 0.2) is 0 Å². The highest BCUT2D eigenvalue weighted by Crippen LogP contribution is 2.27. The van der Waals surface area contributed by atoms with Crippen LogP contribution < -0.4 is 5.73 Å². The van der Waals surface area contributed by atoms with E-state index >= 15 is 0 Å². The fraction of sp³-hybridized carbons (Fsp3) is 0.733. The molecule has 0 amide bonds. The van der Waals surface area contributed by atoms with E-state index in [4.69, 9.17) is 10.2 Å². The fourth-order valence-corrected chi connectivity index (χ4v) is 2.93. The Labute approximate surface area is 110 Å². The normalized spacial score (nSPS) is 22.2. The average Bonchev–Trinajstić information content (AvgIpc) is 2.67. The van der Waals surface area contributed by atoms with E-state index in [2.05, 4.69) is 17.9 Å². The average molecular weight is 250 g/mol. The van der Waals surface area contributed by atoms with Crippen LogP contribution in [0.1, 0.15) is 56.6 Å². The Morgan fingerprint density at radius 2 is 1.72 bits per heavy atom. The van der Waals surface area contributed by atoms with Crippen LogP contribution in [-0.2, 0) is 0 Å². The predicted octanol–water partition coefficient (Wildman–Crippen LogP) is 3.24. The quantitative estimate of drug-likeness (QED) is 0.895. The summed E-state index contributed by atoms with van der Waals surface area (Å²) in [6.07, 6.45) is 6.64. The van der Waals surface area contributed by atoms with E-state index in [0.29, 0.717) is 0 Å². The van der Waals surface area contributed by atoms with Crippen LogP contribution in [0, 0.1) is 6.92 Å². The summed E-state index contributed by atoms with van der Waals surface area (Å²) < 4.78 is 5.81. The van der Waals surface area contributed by atoms with Crippen molar-refractivity contribution in [1.29, 1.82) is 0 Å². The summed E-state index contributed by atoms with van der Waals surface area (Å²) in [6, 6.07) is 4.46. The number of hydrogen-bond acceptors (Lipinski definition) is 3. The molecule has 1 aromatic heterocycles. The Morgan fingerprint density at radius 1 is 1.11 bits per heavy atom.